The number of phenols is 1. The average Bonchev–Trinajstić information content (AvgIpc) is 3.59. The molecule has 4 N–H and O–H groups in total. The average molecular weight is 544 g/mol. The molecule has 8 nitrogen and oxygen atoms in total. The Balaban J connectivity index is 1.56. The number of aliphatic hydroxyl groups excluding tert-OH is 1. The minimum atomic E-state index is -4.39. The lowest BCUT2D eigenvalue weighted by atomic mass is 10.0. The molecule has 0 bridgehead atoms. The Hall–Kier alpha value is -4.19. The molecule has 1 amide bonds. The van der Waals surface area contributed by atoms with Crippen LogP contribution in [0.2, 0.25) is 0 Å². The molecular weight excluding hydrogens is 518 g/mol. The van der Waals surface area contributed by atoms with Crippen LogP contribution in [0.15, 0.2) is 48.7 Å². The van der Waals surface area contributed by atoms with E-state index in [1.807, 2.05) is 0 Å². The van der Waals surface area contributed by atoms with Gasteiger partial charge in [0.05, 0.1) is 29.7 Å². The first kappa shape index (κ1) is 26.4. The summed E-state index contributed by atoms with van der Waals surface area (Å²) in [5.74, 6) is -1.88. The van der Waals surface area contributed by atoms with E-state index in [0.717, 1.165) is 18.9 Å². The normalized spacial score (nSPS) is 14.4. The van der Waals surface area contributed by atoms with Crippen molar-refractivity contribution >= 4 is 17.2 Å². The Morgan fingerprint density at radius 3 is 2.67 bits per heavy atom. The zero-order valence-corrected chi connectivity index (χ0v) is 20.8. The van der Waals surface area contributed by atoms with E-state index in [1.165, 1.54) is 28.9 Å². The van der Waals surface area contributed by atoms with E-state index in [4.69, 9.17) is 0 Å². The molecule has 1 aliphatic carbocycles. The molecule has 1 fully saturated rings. The number of hydrogen-bond donors (Lipinski definition) is 4. The van der Waals surface area contributed by atoms with Crippen molar-refractivity contribution in [2.24, 2.45) is 0 Å². The summed E-state index contributed by atoms with van der Waals surface area (Å²) in [6.07, 6.45) is -3.71. The van der Waals surface area contributed by atoms with Crippen molar-refractivity contribution in [2.75, 3.05) is 11.9 Å². The van der Waals surface area contributed by atoms with E-state index < -0.39 is 36.8 Å². The SMILES string of the molecule is Cc1cc(-c2cnc3c(NCCC(F)(F)F)cc([C@@H](O)c4cccc(F)c4O)nn23)ccc1C(=O)NC1CC1. The van der Waals surface area contributed by atoms with Crippen molar-refractivity contribution in [3.8, 4) is 17.0 Å². The number of aromatic hydroxyl groups is 1. The maximum Gasteiger partial charge on any atom is 0.390 e. The Kier molecular flexibility index (Phi) is 6.89. The highest BCUT2D eigenvalue weighted by Gasteiger charge is 2.28. The van der Waals surface area contributed by atoms with Gasteiger partial charge in [0.1, 0.15) is 6.10 Å². The van der Waals surface area contributed by atoms with Gasteiger partial charge in [-0.3, -0.25) is 4.79 Å². The first-order valence-electron chi connectivity index (χ1n) is 12.3. The fourth-order valence-corrected chi connectivity index (χ4v) is 4.27. The quantitative estimate of drug-likeness (QED) is 0.236. The van der Waals surface area contributed by atoms with Crippen LogP contribution in [0.5, 0.6) is 5.75 Å². The minimum Gasteiger partial charge on any atom is -0.505 e. The second-order valence-corrected chi connectivity index (χ2v) is 9.51. The molecule has 0 unspecified atom stereocenters. The van der Waals surface area contributed by atoms with Gasteiger partial charge >= 0.3 is 6.18 Å². The summed E-state index contributed by atoms with van der Waals surface area (Å²) in [7, 11) is 0. The number of alkyl halides is 3. The summed E-state index contributed by atoms with van der Waals surface area (Å²) in [6.45, 7) is 1.32. The maximum atomic E-state index is 14.0. The number of benzene rings is 2. The van der Waals surface area contributed by atoms with Gasteiger partial charge in [-0.1, -0.05) is 18.2 Å². The van der Waals surface area contributed by atoms with Crippen LogP contribution in [0.4, 0.5) is 23.2 Å². The Labute approximate surface area is 220 Å². The van der Waals surface area contributed by atoms with Crippen LogP contribution < -0.4 is 10.6 Å². The number of aliphatic hydroxyl groups is 1. The van der Waals surface area contributed by atoms with Crippen LogP contribution in [0.3, 0.4) is 0 Å². The molecule has 1 aliphatic rings. The maximum absolute atomic E-state index is 14.0. The van der Waals surface area contributed by atoms with Crippen molar-refractivity contribution in [1.82, 2.24) is 19.9 Å². The zero-order valence-electron chi connectivity index (χ0n) is 20.8. The molecule has 2 heterocycles. The number of imidazole rings is 1. The molecule has 2 aromatic heterocycles. The third-order valence-corrected chi connectivity index (χ3v) is 6.48. The largest absolute Gasteiger partial charge is 0.505 e. The van der Waals surface area contributed by atoms with E-state index >= 15 is 0 Å². The lowest BCUT2D eigenvalue weighted by Gasteiger charge is -2.16. The van der Waals surface area contributed by atoms with Gasteiger partial charge in [-0.25, -0.2) is 13.9 Å². The Morgan fingerprint density at radius 1 is 1.21 bits per heavy atom. The Morgan fingerprint density at radius 2 is 1.97 bits per heavy atom. The number of aromatic nitrogens is 3. The van der Waals surface area contributed by atoms with E-state index in [2.05, 4.69) is 20.7 Å². The highest BCUT2D eigenvalue weighted by Crippen LogP contribution is 2.33. The number of fused-ring (bicyclic) bond motifs is 1. The second kappa shape index (κ2) is 10.2. The van der Waals surface area contributed by atoms with Crippen LogP contribution >= 0.6 is 0 Å². The van der Waals surface area contributed by atoms with Crippen LogP contribution in [-0.4, -0.2) is 49.5 Å². The summed E-state index contributed by atoms with van der Waals surface area (Å²) >= 11 is 0. The van der Waals surface area contributed by atoms with Crippen molar-refractivity contribution < 1.29 is 32.6 Å². The standard InChI is InChI=1S/C27H25F4N5O3/c1-14-11-15(5-8-17(14)26(39)34-16-6-7-16)22-13-33-25-21(32-10-9-27(29,30)31)12-20(35-36(22)25)24(38)18-3-2-4-19(28)23(18)37/h2-5,8,11-13,16,24,32,37-38H,6-7,9-10H2,1H3,(H,34,39)/t24-/m0/s1. The number of nitrogens with zero attached hydrogens (tertiary/aromatic N) is 3. The monoisotopic (exact) mass is 543 g/mol. The molecule has 2 aromatic carbocycles. The number of carbonyl (C=O) groups is 1. The van der Waals surface area contributed by atoms with Crippen LogP contribution in [0, 0.1) is 12.7 Å². The molecule has 0 radical (unpaired) electrons. The number of hydrogen-bond acceptors (Lipinski definition) is 6. The van der Waals surface area contributed by atoms with Crippen LogP contribution in [0.1, 0.15) is 52.5 Å². The zero-order chi connectivity index (χ0) is 27.9. The van der Waals surface area contributed by atoms with Gasteiger partial charge in [-0.05, 0) is 49.6 Å². The molecule has 12 heteroatoms. The van der Waals surface area contributed by atoms with Gasteiger partial charge in [0.2, 0.25) is 0 Å². The molecule has 4 aromatic rings. The van der Waals surface area contributed by atoms with E-state index in [-0.39, 0.29) is 34.5 Å². The Bertz CT molecular complexity index is 1550. The highest BCUT2D eigenvalue weighted by molar-refractivity contribution is 5.96. The first-order valence-corrected chi connectivity index (χ1v) is 12.3. The number of anilines is 1. The van der Waals surface area contributed by atoms with Crippen molar-refractivity contribution in [2.45, 2.75) is 44.5 Å². The number of rotatable bonds is 8. The summed E-state index contributed by atoms with van der Waals surface area (Å²) in [5.41, 5.74) is 2.41. The van der Waals surface area contributed by atoms with Crippen molar-refractivity contribution in [1.29, 1.82) is 0 Å². The smallest absolute Gasteiger partial charge is 0.390 e. The summed E-state index contributed by atoms with van der Waals surface area (Å²) in [6, 6.07) is 10.3. The summed E-state index contributed by atoms with van der Waals surface area (Å²) in [4.78, 5) is 16.9. The van der Waals surface area contributed by atoms with E-state index in [1.54, 1.807) is 25.1 Å². The number of aryl methyl sites for hydroxylation is 1. The first-order chi connectivity index (χ1) is 18.5. The molecule has 204 valence electrons. The lowest BCUT2D eigenvalue weighted by Crippen LogP contribution is -2.26. The number of para-hydroxylation sites is 1. The predicted molar refractivity (Wildman–Crippen MR) is 135 cm³/mol. The van der Waals surface area contributed by atoms with E-state index in [0.29, 0.717) is 22.4 Å². The third kappa shape index (κ3) is 5.65. The highest BCUT2D eigenvalue weighted by atomic mass is 19.4. The second-order valence-electron chi connectivity index (χ2n) is 9.51. The minimum absolute atomic E-state index is 0.0608. The van der Waals surface area contributed by atoms with Crippen LogP contribution in [-0.2, 0) is 0 Å². The molecule has 5 rings (SSSR count). The van der Waals surface area contributed by atoms with Gasteiger partial charge < -0.3 is 20.8 Å². The topological polar surface area (TPSA) is 112 Å². The molecule has 0 aliphatic heterocycles. The summed E-state index contributed by atoms with van der Waals surface area (Å²) < 4.78 is 53.7. The third-order valence-electron chi connectivity index (χ3n) is 6.48. The van der Waals surface area contributed by atoms with E-state index in [9.17, 15) is 32.6 Å². The fraction of sp³-hybridized carbons (Fsp3) is 0.296. The van der Waals surface area contributed by atoms with Crippen molar-refractivity contribution in [3.63, 3.8) is 0 Å². The number of halogens is 4. The number of nitrogens with one attached hydrogen (secondary N) is 2. The van der Waals surface area contributed by atoms with Gasteiger partial charge in [0, 0.05) is 29.3 Å². The van der Waals surface area contributed by atoms with Gasteiger partial charge in [0.15, 0.2) is 17.2 Å². The van der Waals surface area contributed by atoms with Crippen LogP contribution in [0.25, 0.3) is 16.9 Å². The van der Waals surface area contributed by atoms with Gasteiger partial charge in [0.25, 0.3) is 5.91 Å². The summed E-state index contributed by atoms with van der Waals surface area (Å²) in [5, 5.41) is 31.2. The number of amides is 1. The fourth-order valence-electron chi connectivity index (χ4n) is 4.27. The molecule has 0 spiro atoms. The number of carbonyl (C=O) groups excluding carboxylic acids is 1. The van der Waals surface area contributed by atoms with Gasteiger partial charge in [-0.15, -0.1) is 0 Å². The van der Waals surface area contributed by atoms with Crippen molar-refractivity contribution in [3.05, 3.63) is 76.9 Å². The molecular formula is C27H25F4N5O3. The molecule has 1 atom stereocenters. The lowest BCUT2D eigenvalue weighted by molar-refractivity contribution is -0.131. The molecule has 39 heavy (non-hydrogen) atoms. The number of phenolic OH excluding ortho intramolecular Hbond substituents is 1. The molecule has 0 saturated heterocycles. The van der Waals surface area contributed by atoms with Gasteiger partial charge in [-0.2, -0.15) is 18.3 Å². The molecule has 1 saturated carbocycles. The predicted octanol–water partition coefficient (Wildman–Crippen LogP) is 4.89.